The van der Waals surface area contributed by atoms with Gasteiger partial charge in [-0.3, -0.25) is 14.4 Å². The number of rotatable bonds is 6. The molecule has 0 rings (SSSR count). The van der Waals surface area contributed by atoms with Gasteiger partial charge in [0.25, 0.3) is 0 Å². The van der Waals surface area contributed by atoms with Crippen LogP contribution in [0.2, 0.25) is 0 Å². The summed E-state index contributed by atoms with van der Waals surface area (Å²) in [6.07, 6.45) is 0. The number of carbonyl (C=O) groups is 3. The number of amides is 2. The minimum absolute atomic E-state index is 0.0136. The average molecular weight is 300 g/mol. The highest BCUT2D eigenvalue weighted by Crippen LogP contribution is 2.27. The van der Waals surface area contributed by atoms with E-state index in [1.807, 2.05) is 13.8 Å². The van der Waals surface area contributed by atoms with Crippen LogP contribution in [-0.2, 0) is 19.1 Å². The highest BCUT2D eigenvalue weighted by Gasteiger charge is 2.39. The van der Waals surface area contributed by atoms with Gasteiger partial charge in [0.15, 0.2) is 0 Å². The Kier molecular flexibility index (Phi) is 7.39. The van der Waals surface area contributed by atoms with E-state index in [1.165, 1.54) is 0 Å². The van der Waals surface area contributed by atoms with E-state index in [-0.39, 0.29) is 18.6 Å². The van der Waals surface area contributed by atoms with Gasteiger partial charge >= 0.3 is 5.97 Å². The Morgan fingerprint density at radius 3 is 1.90 bits per heavy atom. The fraction of sp³-hybridized carbons (Fsp3) is 0.800. The molecule has 2 N–H and O–H groups in total. The molecule has 0 saturated heterocycles. The molecule has 122 valence electrons. The van der Waals surface area contributed by atoms with Crippen LogP contribution in [0.25, 0.3) is 0 Å². The van der Waals surface area contributed by atoms with Crippen LogP contribution in [0, 0.1) is 11.3 Å². The molecule has 0 bridgehead atoms. The maximum atomic E-state index is 12.3. The third-order valence-corrected chi connectivity index (χ3v) is 2.83. The normalized spacial score (nSPS) is 14.3. The Morgan fingerprint density at radius 1 is 1.00 bits per heavy atom. The van der Waals surface area contributed by atoms with Crippen molar-refractivity contribution >= 4 is 17.8 Å². The van der Waals surface area contributed by atoms with Crippen LogP contribution in [0.4, 0.5) is 0 Å². The van der Waals surface area contributed by atoms with E-state index in [4.69, 9.17) is 4.74 Å². The number of carbonyl (C=O) groups excluding carboxylic acids is 3. The molecule has 0 aliphatic heterocycles. The second kappa shape index (κ2) is 8.00. The highest BCUT2D eigenvalue weighted by molar-refractivity contribution is 6.00. The van der Waals surface area contributed by atoms with Crippen molar-refractivity contribution in [2.24, 2.45) is 11.3 Å². The van der Waals surface area contributed by atoms with Gasteiger partial charge in [0, 0.05) is 6.04 Å². The van der Waals surface area contributed by atoms with Crippen molar-refractivity contribution in [3.8, 4) is 0 Å². The van der Waals surface area contributed by atoms with E-state index in [1.54, 1.807) is 34.6 Å². The van der Waals surface area contributed by atoms with E-state index in [2.05, 4.69) is 10.6 Å². The fourth-order valence-corrected chi connectivity index (χ4v) is 1.85. The van der Waals surface area contributed by atoms with Crippen LogP contribution < -0.4 is 10.6 Å². The lowest BCUT2D eigenvalue weighted by atomic mass is 9.80. The molecule has 0 aliphatic rings. The first-order valence-corrected chi connectivity index (χ1v) is 7.28. The molecule has 6 nitrogen and oxygen atoms in total. The summed E-state index contributed by atoms with van der Waals surface area (Å²) in [5.74, 6) is -2.30. The topological polar surface area (TPSA) is 84.5 Å². The quantitative estimate of drug-likeness (QED) is 0.571. The molecule has 0 saturated carbocycles. The van der Waals surface area contributed by atoms with Crippen molar-refractivity contribution in [2.45, 2.75) is 60.5 Å². The van der Waals surface area contributed by atoms with Crippen LogP contribution in [-0.4, -0.2) is 36.5 Å². The zero-order valence-corrected chi connectivity index (χ0v) is 14.1. The van der Waals surface area contributed by atoms with Gasteiger partial charge in [-0.1, -0.05) is 20.8 Å². The monoisotopic (exact) mass is 300 g/mol. The van der Waals surface area contributed by atoms with E-state index in [9.17, 15) is 14.4 Å². The summed E-state index contributed by atoms with van der Waals surface area (Å²) in [5.41, 5.74) is -0.593. The summed E-state index contributed by atoms with van der Waals surface area (Å²) in [6.45, 7) is 12.5. The Hall–Kier alpha value is -1.59. The number of esters is 1. The zero-order chi connectivity index (χ0) is 16.8. The lowest BCUT2D eigenvalue weighted by Crippen LogP contribution is -2.51. The molecule has 2 atom stereocenters. The number of hydrogen-bond acceptors (Lipinski definition) is 4. The average Bonchev–Trinajstić information content (AvgIpc) is 2.25. The summed E-state index contributed by atoms with van der Waals surface area (Å²) in [5, 5.41) is 5.29. The van der Waals surface area contributed by atoms with E-state index >= 15 is 0 Å². The molecule has 2 unspecified atom stereocenters. The molecule has 0 aromatic carbocycles. The maximum Gasteiger partial charge on any atom is 0.319 e. The first-order valence-electron chi connectivity index (χ1n) is 7.28. The first kappa shape index (κ1) is 19.4. The van der Waals surface area contributed by atoms with Gasteiger partial charge in [-0.15, -0.1) is 0 Å². The van der Waals surface area contributed by atoms with Crippen molar-refractivity contribution < 1.29 is 19.1 Å². The van der Waals surface area contributed by atoms with Gasteiger partial charge in [-0.2, -0.15) is 0 Å². The van der Waals surface area contributed by atoms with Crippen molar-refractivity contribution in [1.29, 1.82) is 0 Å². The Labute approximate surface area is 127 Å². The van der Waals surface area contributed by atoms with Crippen molar-refractivity contribution in [2.75, 3.05) is 6.61 Å². The van der Waals surface area contributed by atoms with Crippen LogP contribution in [0.3, 0.4) is 0 Å². The minimum atomic E-state index is -0.952. The second-order valence-corrected chi connectivity index (χ2v) is 6.44. The predicted octanol–water partition coefficient (Wildman–Crippen LogP) is 1.24. The van der Waals surface area contributed by atoms with Crippen molar-refractivity contribution in [3.63, 3.8) is 0 Å². The molecule has 0 aromatic rings. The van der Waals surface area contributed by atoms with Crippen molar-refractivity contribution in [1.82, 2.24) is 10.6 Å². The molecule has 0 fully saturated rings. The van der Waals surface area contributed by atoms with Crippen LogP contribution in [0.1, 0.15) is 48.5 Å². The second-order valence-electron chi connectivity index (χ2n) is 6.44. The molecule has 6 heteroatoms. The Morgan fingerprint density at radius 2 is 1.52 bits per heavy atom. The van der Waals surface area contributed by atoms with Gasteiger partial charge in [0.2, 0.25) is 11.8 Å². The molecular weight excluding hydrogens is 272 g/mol. The Bertz CT molecular complexity index is 386. The summed E-state index contributed by atoms with van der Waals surface area (Å²) >= 11 is 0. The first-order chi connectivity index (χ1) is 9.50. The van der Waals surface area contributed by atoms with Crippen LogP contribution >= 0.6 is 0 Å². The Balaban J connectivity index is 4.91. The molecule has 2 amide bonds. The van der Waals surface area contributed by atoms with Crippen molar-refractivity contribution in [3.05, 3.63) is 0 Å². The van der Waals surface area contributed by atoms with E-state index < -0.39 is 29.3 Å². The lowest BCUT2D eigenvalue weighted by molar-refractivity contribution is -0.157. The lowest BCUT2D eigenvalue weighted by Gasteiger charge is -2.28. The van der Waals surface area contributed by atoms with Gasteiger partial charge in [0.1, 0.15) is 12.0 Å². The highest BCUT2D eigenvalue weighted by atomic mass is 16.5. The van der Waals surface area contributed by atoms with Gasteiger partial charge in [-0.25, -0.2) is 0 Å². The largest absolute Gasteiger partial charge is 0.465 e. The van der Waals surface area contributed by atoms with E-state index in [0.717, 1.165) is 0 Å². The SMILES string of the molecule is CCOC(=O)C(C(=O)NC(C)C(=O)NC(C)C)C(C)(C)C. The minimum Gasteiger partial charge on any atom is -0.465 e. The number of nitrogens with one attached hydrogen (secondary N) is 2. The maximum absolute atomic E-state index is 12.3. The number of hydrogen-bond donors (Lipinski definition) is 2. The van der Waals surface area contributed by atoms with Gasteiger partial charge in [-0.05, 0) is 33.1 Å². The molecule has 21 heavy (non-hydrogen) atoms. The third kappa shape index (κ3) is 6.60. The standard InChI is InChI=1S/C15H28N2O4/c1-8-21-14(20)11(15(5,6)7)13(19)17-10(4)12(18)16-9(2)3/h9-11H,8H2,1-7H3,(H,16,18)(H,17,19). The third-order valence-electron chi connectivity index (χ3n) is 2.83. The molecule has 0 aromatic heterocycles. The fourth-order valence-electron chi connectivity index (χ4n) is 1.85. The van der Waals surface area contributed by atoms with Crippen LogP contribution in [0.5, 0.6) is 0 Å². The van der Waals surface area contributed by atoms with Gasteiger partial charge < -0.3 is 15.4 Å². The van der Waals surface area contributed by atoms with Gasteiger partial charge in [0.05, 0.1) is 6.61 Å². The molecule has 0 spiro atoms. The predicted molar refractivity (Wildman–Crippen MR) is 80.5 cm³/mol. The number of ether oxygens (including phenoxy) is 1. The summed E-state index contributed by atoms with van der Waals surface area (Å²) in [7, 11) is 0. The summed E-state index contributed by atoms with van der Waals surface area (Å²) < 4.78 is 4.96. The smallest absolute Gasteiger partial charge is 0.319 e. The molecule has 0 radical (unpaired) electrons. The van der Waals surface area contributed by atoms with E-state index in [0.29, 0.717) is 0 Å². The summed E-state index contributed by atoms with van der Waals surface area (Å²) in [4.78, 5) is 36.1. The molecule has 0 heterocycles. The molecule has 0 aliphatic carbocycles. The zero-order valence-electron chi connectivity index (χ0n) is 14.1. The van der Waals surface area contributed by atoms with Crippen LogP contribution in [0.15, 0.2) is 0 Å². The summed E-state index contributed by atoms with van der Waals surface area (Å²) in [6, 6.07) is -0.723. The molecular formula is C15H28N2O4.